The van der Waals surface area contributed by atoms with Gasteiger partial charge in [0.15, 0.2) is 5.82 Å². The van der Waals surface area contributed by atoms with E-state index in [1.54, 1.807) is 13.3 Å². The van der Waals surface area contributed by atoms with E-state index in [4.69, 9.17) is 9.26 Å². The maximum absolute atomic E-state index is 5.46. The maximum Gasteiger partial charge on any atom is 0.259 e. The van der Waals surface area contributed by atoms with Gasteiger partial charge in [-0.1, -0.05) is 19.0 Å². The van der Waals surface area contributed by atoms with Crippen LogP contribution in [0.25, 0.3) is 11.5 Å². The summed E-state index contributed by atoms with van der Waals surface area (Å²) in [6, 6.07) is 3.99. The van der Waals surface area contributed by atoms with Crippen molar-refractivity contribution >= 4 is 5.82 Å². The van der Waals surface area contributed by atoms with Gasteiger partial charge in [-0.05, 0) is 25.0 Å². The summed E-state index contributed by atoms with van der Waals surface area (Å²) in [7, 11) is 1.77. The molecule has 6 heteroatoms. The molecule has 1 saturated heterocycles. The Morgan fingerprint density at radius 2 is 2.23 bits per heavy atom. The molecule has 0 bridgehead atoms. The summed E-state index contributed by atoms with van der Waals surface area (Å²) in [5, 5.41) is 3.98. The average Bonchev–Trinajstić information content (AvgIpc) is 3.05. The molecule has 2 aromatic heterocycles. The Hall–Kier alpha value is -1.95. The zero-order valence-corrected chi connectivity index (χ0v) is 13.3. The molecule has 3 rings (SSSR count). The van der Waals surface area contributed by atoms with Crippen LogP contribution in [0.3, 0.4) is 0 Å². The van der Waals surface area contributed by atoms with Crippen LogP contribution in [0.4, 0.5) is 5.82 Å². The van der Waals surface area contributed by atoms with Gasteiger partial charge in [0.1, 0.15) is 5.82 Å². The minimum atomic E-state index is 0.254. The van der Waals surface area contributed by atoms with Gasteiger partial charge in [0.05, 0.1) is 11.7 Å². The van der Waals surface area contributed by atoms with Gasteiger partial charge in [0.2, 0.25) is 0 Å². The van der Waals surface area contributed by atoms with Gasteiger partial charge in [-0.25, -0.2) is 4.98 Å². The quantitative estimate of drug-likeness (QED) is 0.865. The van der Waals surface area contributed by atoms with Crippen LogP contribution < -0.4 is 4.90 Å². The fourth-order valence-electron chi connectivity index (χ4n) is 2.62. The first-order valence-corrected chi connectivity index (χ1v) is 7.75. The molecule has 1 unspecified atom stereocenters. The molecule has 0 aliphatic carbocycles. The van der Waals surface area contributed by atoms with Crippen molar-refractivity contribution in [2.75, 3.05) is 25.1 Å². The summed E-state index contributed by atoms with van der Waals surface area (Å²) in [5.74, 6) is 2.47. The number of hydrogen-bond donors (Lipinski definition) is 0. The van der Waals surface area contributed by atoms with Crippen LogP contribution in [0.15, 0.2) is 22.9 Å². The standard InChI is InChI=1S/C16H22N4O2/c1-11(2)15-18-16(22-19-15)12-6-7-14(17-9-12)20-8-4-5-13(10-20)21-3/h6-7,9,11,13H,4-5,8,10H2,1-3H3. The number of piperidine rings is 1. The summed E-state index contributed by atoms with van der Waals surface area (Å²) in [4.78, 5) is 11.2. The molecule has 118 valence electrons. The van der Waals surface area contributed by atoms with E-state index in [9.17, 15) is 0 Å². The largest absolute Gasteiger partial charge is 0.380 e. The van der Waals surface area contributed by atoms with Crippen LogP contribution in [0.5, 0.6) is 0 Å². The van der Waals surface area contributed by atoms with Crippen molar-refractivity contribution < 1.29 is 9.26 Å². The average molecular weight is 302 g/mol. The first-order chi connectivity index (χ1) is 10.7. The molecule has 0 spiro atoms. The lowest BCUT2D eigenvalue weighted by Crippen LogP contribution is -2.39. The third-order valence-corrected chi connectivity index (χ3v) is 3.99. The summed E-state index contributed by atoms with van der Waals surface area (Å²) in [5.41, 5.74) is 0.850. The van der Waals surface area contributed by atoms with Crippen molar-refractivity contribution in [3.8, 4) is 11.5 Å². The number of ether oxygens (including phenoxy) is 1. The molecule has 3 heterocycles. The smallest absolute Gasteiger partial charge is 0.259 e. The van der Waals surface area contributed by atoms with E-state index in [0.717, 1.165) is 43.1 Å². The van der Waals surface area contributed by atoms with Gasteiger partial charge in [-0.2, -0.15) is 4.98 Å². The molecule has 1 aliphatic rings. The lowest BCUT2D eigenvalue weighted by atomic mass is 10.1. The molecule has 2 aromatic rings. The van der Waals surface area contributed by atoms with Crippen molar-refractivity contribution in [1.29, 1.82) is 0 Å². The normalized spacial score (nSPS) is 18.9. The van der Waals surface area contributed by atoms with Crippen molar-refractivity contribution in [3.63, 3.8) is 0 Å². The third-order valence-electron chi connectivity index (χ3n) is 3.99. The van der Waals surface area contributed by atoms with Crippen molar-refractivity contribution in [2.24, 2.45) is 0 Å². The van der Waals surface area contributed by atoms with E-state index in [1.807, 2.05) is 26.0 Å². The van der Waals surface area contributed by atoms with Gasteiger partial charge < -0.3 is 14.2 Å². The monoisotopic (exact) mass is 302 g/mol. The van der Waals surface area contributed by atoms with Crippen LogP contribution in [-0.4, -0.2) is 41.4 Å². The van der Waals surface area contributed by atoms with E-state index in [-0.39, 0.29) is 5.92 Å². The second kappa shape index (κ2) is 6.44. The van der Waals surface area contributed by atoms with Crippen LogP contribution in [0.1, 0.15) is 38.4 Å². The molecular formula is C16H22N4O2. The van der Waals surface area contributed by atoms with Crippen LogP contribution in [0.2, 0.25) is 0 Å². The molecular weight excluding hydrogens is 280 g/mol. The van der Waals surface area contributed by atoms with Gasteiger partial charge in [0, 0.05) is 32.3 Å². The minimum absolute atomic E-state index is 0.254. The van der Waals surface area contributed by atoms with E-state index in [1.165, 1.54) is 0 Å². The number of rotatable bonds is 4. The first-order valence-electron chi connectivity index (χ1n) is 7.75. The predicted octanol–water partition coefficient (Wildman–Crippen LogP) is 2.87. The summed E-state index contributed by atoms with van der Waals surface area (Å²) < 4.78 is 10.8. The van der Waals surface area contributed by atoms with Crippen LogP contribution >= 0.6 is 0 Å². The number of pyridine rings is 1. The molecule has 6 nitrogen and oxygen atoms in total. The summed E-state index contributed by atoms with van der Waals surface area (Å²) >= 11 is 0. The highest BCUT2D eigenvalue weighted by atomic mass is 16.5. The number of methoxy groups -OCH3 is 1. The molecule has 0 aromatic carbocycles. The van der Waals surface area contributed by atoms with Crippen molar-refractivity contribution in [3.05, 3.63) is 24.2 Å². The zero-order chi connectivity index (χ0) is 15.5. The first kappa shape index (κ1) is 15.0. The van der Waals surface area contributed by atoms with E-state index < -0.39 is 0 Å². The predicted molar refractivity (Wildman–Crippen MR) is 83.9 cm³/mol. The number of hydrogen-bond acceptors (Lipinski definition) is 6. The van der Waals surface area contributed by atoms with E-state index >= 15 is 0 Å². The summed E-state index contributed by atoms with van der Waals surface area (Å²) in [6.45, 7) is 5.99. The van der Waals surface area contributed by atoms with Gasteiger partial charge >= 0.3 is 0 Å². The van der Waals surface area contributed by atoms with E-state index in [2.05, 4.69) is 20.0 Å². The minimum Gasteiger partial charge on any atom is -0.380 e. The highest BCUT2D eigenvalue weighted by Gasteiger charge is 2.20. The van der Waals surface area contributed by atoms with Gasteiger partial charge in [-0.3, -0.25) is 0 Å². The Bertz CT molecular complexity index is 609. The number of anilines is 1. The Morgan fingerprint density at radius 1 is 1.36 bits per heavy atom. The van der Waals surface area contributed by atoms with E-state index in [0.29, 0.717) is 12.0 Å². The molecule has 22 heavy (non-hydrogen) atoms. The van der Waals surface area contributed by atoms with Crippen LogP contribution in [0, 0.1) is 0 Å². The molecule has 1 atom stereocenters. The lowest BCUT2D eigenvalue weighted by Gasteiger charge is -2.32. The molecule has 1 aliphatic heterocycles. The molecule has 1 fully saturated rings. The Kier molecular flexibility index (Phi) is 4.38. The highest BCUT2D eigenvalue weighted by molar-refractivity contribution is 5.54. The SMILES string of the molecule is COC1CCCN(c2ccc(-c3nc(C(C)C)no3)cn2)C1. The highest BCUT2D eigenvalue weighted by Crippen LogP contribution is 2.23. The fraction of sp³-hybridized carbons (Fsp3) is 0.562. The van der Waals surface area contributed by atoms with Crippen molar-refractivity contribution in [1.82, 2.24) is 15.1 Å². The second-order valence-electron chi connectivity index (χ2n) is 5.96. The topological polar surface area (TPSA) is 64.3 Å². The third kappa shape index (κ3) is 3.11. The fourth-order valence-corrected chi connectivity index (χ4v) is 2.62. The second-order valence-corrected chi connectivity index (χ2v) is 5.96. The Balaban J connectivity index is 1.74. The molecule has 0 N–H and O–H groups in total. The molecule has 0 saturated carbocycles. The molecule has 0 amide bonds. The van der Waals surface area contributed by atoms with Crippen molar-refractivity contribution in [2.45, 2.75) is 38.7 Å². The van der Waals surface area contributed by atoms with Gasteiger partial charge in [0.25, 0.3) is 5.89 Å². The Labute approximate surface area is 130 Å². The lowest BCUT2D eigenvalue weighted by molar-refractivity contribution is 0.0891. The number of aromatic nitrogens is 3. The zero-order valence-electron chi connectivity index (χ0n) is 13.3. The maximum atomic E-state index is 5.46. The Morgan fingerprint density at radius 3 is 2.86 bits per heavy atom. The number of nitrogens with zero attached hydrogens (tertiary/aromatic N) is 4. The summed E-state index contributed by atoms with van der Waals surface area (Å²) in [6.07, 6.45) is 4.33. The molecule has 0 radical (unpaired) electrons. The van der Waals surface area contributed by atoms with Crippen LogP contribution in [-0.2, 0) is 4.74 Å². The van der Waals surface area contributed by atoms with Gasteiger partial charge in [-0.15, -0.1) is 0 Å².